The second-order valence-electron chi connectivity index (χ2n) is 3.96. The minimum atomic E-state index is -0.233. The molecule has 0 saturated carbocycles. The SMILES string of the molecule is O=c1[nH]ncc2cn(C3CCOCC3)nc12. The van der Waals surface area contributed by atoms with Crippen molar-refractivity contribution in [2.45, 2.75) is 18.9 Å². The molecule has 0 atom stereocenters. The molecule has 84 valence electrons. The van der Waals surface area contributed by atoms with Gasteiger partial charge in [-0.05, 0) is 12.8 Å². The van der Waals surface area contributed by atoms with Crippen LogP contribution in [0.1, 0.15) is 18.9 Å². The van der Waals surface area contributed by atoms with E-state index < -0.39 is 0 Å². The van der Waals surface area contributed by atoms with E-state index in [1.807, 2.05) is 10.9 Å². The normalized spacial score (nSPS) is 18.0. The van der Waals surface area contributed by atoms with Crippen LogP contribution in [-0.4, -0.2) is 33.2 Å². The lowest BCUT2D eigenvalue weighted by molar-refractivity contribution is 0.0664. The number of hydrogen-bond donors (Lipinski definition) is 1. The van der Waals surface area contributed by atoms with E-state index in [9.17, 15) is 4.79 Å². The lowest BCUT2D eigenvalue weighted by atomic mass is 10.1. The fourth-order valence-electron chi connectivity index (χ4n) is 2.03. The van der Waals surface area contributed by atoms with Crippen LogP contribution in [0.5, 0.6) is 0 Å². The topological polar surface area (TPSA) is 72.8 Å². The van der Waals surface area contributed by atoms with Gasteiger partial charge in [-0.25, -0.2) is 5.10 Å². The quantitative estimate of drug-likeness (QED) is 0.758. The molecule has 1 saturated heterocycles. The molecule has 16 heavy (non-hydrogen) atoms. The van der Waals surface area contributed by atoms with Crippen molar-refractivity contribution in [1.29, 1.82) is 0 Å². The molecular weight excluding hydrogens is 208 g/mol. The molecule has 6 heteroatoms. The molecule has 0 spiro atoms. The number of nitrogens with one attached hydrogen (secondary N) is 1. The van der Waals surface area contributed by atoms with Crippen molar-refractivity contribution in [3.63, 3.8) is 0 Å². The molecule has 1 aliphatic rings. The Morgan fingerprint density at radius 3 is 3.00 bits per heavy atom. The average molecular weight is 220 g/mol. The Morgan fingerprint density at radius 2 is 2.25 bits per heavy atom. The second kappa shape index (κ2) is 3.71. The van der Waals surface area contributed by atoms with Crippen molar-refractivity contribution in [2.24, 2.45) is 0 Å². The van der Waals surface area contributed by atoms with Gasteiger partial charge < -0.3 is 4.74 Å². The van der Waals surface area contributed by atoms with E-state index >= 15 is 0 Å². The molecular formula is C10H12N4O2. The van der Waals surface area contributed by atoms with Crippen LogP contribution in [0.25, 0.3) is 10.9 Å². The summed E-state index contributed by atoms with van der Waals surface area (Å²) in [5.74, 6) is 0. The first kappa shape index (κ1) is 9.53. The third kappa shape index (κ3) is 1.51. The zero-order chi connectivity index (χ0) is 11.0. The highest BCUT2D eigenvalue weighted by atomic mass is 16.5. The molecule has 2 aromatic heterocycles. The molecule has 3 rings (SSSR count). The Hall–Kier alpha value is -1.69. The molecule has 0 bridgehead atoms. The number of hydrogen-bond acceptors (Lipinski definition) is 4. The number of aromatic amines is 1. The summed E-state index contributed by atoms with van der Waals surface area (Å²) in [5, 5.41) is 11.2. The largest absolute Gasteiger partial charge is 0.381 e. The molecule has 0 amide bonds. The van der Waals surface area contributed by atoms with Crippen LogP contribution < -0.4 is 5.56 Å². The fraction of sp³-hybridized carbons (Fsp3) is 0.500. The van der Waals surface area contributed by atoms with Gasteiger partial charge in [0.2, 0.25) is 0 Å². The molecule has 2 aromatic rings. The van der Waals surface area contributed by atoms with Gasteiger partial charge in [0.15, 0.2) is 5.52 Å². The van der Waals surface area contributed by atoms with Crippen LogP contribution in [0.2, 0.25) is 0 Å². The summed E-state index contributed by atoms with van der Waals surface area (Å²) in [6, 6.07) is 0.334. The van der Waals surface area contributed by atoms with Gasteiger partial charge in [-0.2, -0.15) is 10.2 Å². The minimum Gasteiger partial charge on any atom is -0.381 e. The Bertz CT molecular complexity index is 553. The third-order valence-electron chi connectivity index (χ3n) is 2.91. The predicted octanol–water partition coefficient (Wildman–Crippen LogP) is 0.471. The van der Waals surface area contributed by atoms with E-state index in [1.165, 1.54) is 0 Å². The fourth-order valence-corrected chi connectivity index (χ4v) is 2.03. The molecule has 0 aromatic carbocycles. The summed E-state index contributed by atoms with van der Waals surface area (Å²) >= 11 is 0. The summed E-state index contributed by atoms with van der Waals surface area (Å²) in [6.07, 6.45) is 5.39. The van der Waals surface area contributed by atoms with Crippen molar-refractivity contribution in [3.05, 3.63) is 22.7 Å². The standard InChI is InChI=1S/C10H12N4O2/c15-10-9-7(5-11-12-10)6-14(13-9)8-1-3-16-4-2-8/h5-6,8H,1-4H2,(H,12,15). The van der Waals surface area contributed by atoms with Crippen LogP contribution in [0.15, 0.2) is 17.2 Å². The number of H-pyrrole nitrogens is 1. The van der Waals surface area contributed by atoms with E-state index in [4.69, 9.17) is 4.74 Å². The van der Waals surface area contributed by atoms with E-state index in [0.717, 1.165) is 31.4 Å². The Kier molecular flexibility index (Phi) is 2.21. The molecule has 6 nitrogen and oxygen atoms in total. The molecule has 1 N–H and O–H groups in total. The van der Waals surface area contributed by atoms with E-state index in [1.54, 1.807) is 6.20 Å². The summed E-state index contributed by atoms with van der Waals surface area (Å²) < 4.78 is 7.16. The molecule has 1 fully saturated rings. The van der Waals surface area contributed by atoms with Crippen LogP contribution >= 0.6 is 0 Å². The summed E-state index contributed by atoms with van der Waals surface area (Å²) in [5.41, 5.74) is 0.227. The van der Waals surface area contributed by atoms with Gasteiger partial charge in [0.1, 0.15) is 0 Å². The first-order valence-electron chi connectivity index (χ1n) is 5.35. The van der Waals surface area contributed by atoms with E-state index in [2.05, 4.69) is 15.3 Å². The first-order valence-corrected chi connectivity index (χ1v) is 5.35. The molecule has 0 radical (unpaired) electrons. The molecule has 0 unspecified atom stereocenters. The first-order chi connectivity index (χ1) is 7.84. The van der Waals surface area contributed by atoms with Gasteiger partial charge >= 0.3 is 0 Å². The van der Waals surface area contributed by atoms with Crippen molar-refractivity contribution in [1.82, 2.24) is 20.0 Å². The van der Waals surface area contributed by atoms with Crippen LogP contribution in [0, 0.1) is 0 Å². The molecule has 0 aliphatic carbocycles. The van der Waals surface area contributed by atoms with Crippen molar-refractivity contribution >= 4 is 10.9 Å². The average Bonchev–Trinajstić information content (AvgIpc) is 2.76. The smallest absolute Gasteiger partial charge is 0.292 e. The highest BCUT2D eigenvalue weighted by Crippen LogP contribution is 2.21. The third-order valence-corrected chi connectivity index (χ3v) is 2.91. The zero-order valence-corrected chi connectivity index (χ0v) is 8.72. The van der Waals surface area contributed by atoms with Gasteiger partial charge in [-0.3, -0.25) is 9.48 Å². The Morgan fingerprint density at radius 1 is 1.44 bits per heavy atom. The van der Waals surface area contributed by atoms with Crippen molar-refractivity contribution in [2.75, 3.05) is 13.2 Å². The van der Waals surface area contributed by atoms with Gasteiger partial charge in [-0.1, -0.05) is 0 Å². The van der Waals surface area contributed by atoms with Crippen molar-refractivity contribution in [3.8, 4) is 0 Å². The van der Waals surface area contributed by atoms with Crippen LogP contribution in [-0.2, 0) is 4.74 Å². The maximum Gasteiger partial charge on any atom is 0.292 e. The molecule has 3 heterocycles. The molecule has 1 aliphatic heterocycles. The number of nitrogens with zero attached hydrogens (tertiary/aromatic N) is 3. The lowest BCUT2D eigenvalue weighted by Crippen LogP contribution is -2.20. The number of aromatic nitrogens is 4. The van der Waals surface area contributed by atoms with Crippen LogP contribution in [0.3, 0.4) is 0 Å². The summed E-state index contributed by atoms with van der Waals surface area (Å²) in [4.78, 5) is 11.5. The van der Waals surface area contributed by atoms with E-state index in [-0.39, 0.29) is 5.56 Å². The summed E-state index contributed by atoms with van der Waals surface area (Å²) in [6.45, 7) is 1.52. The number of ether oxygens (including phenoxy) is 1. The number of rotatable bonds is 1. The maximum atomic E-state index is 11.5. The minimum absolute atomic E-state index is 0.233. The Balaban J connectivity index is 2.04. The lowest BCUT2D eigenvalue weighted by Gasteiger charge is -2.22. The van der Waals surface area contributed by atoms with Crippen LogP contribution in [0.4, 0.5) is 0 Å². The van der Waals surface area contributed by atoms with Gasteiger partial charge in [0.25, 0.3) is 5.56 Å². The van der Waals surface area contributed by atoms with Gasteiger partial charge in [0, 0.05) is 24.8 Å². The second-order valence-corrected chi connectivity index (χ2v) is 3.96. The maximum absolute atomic E-state index is 11.5. The Labute approximate surface area is 91.2 Å². The predicted molar refractivity (Wildman–Crippen MR) is 57.2 cm³/mol. The van der Waals surface area contributed by atoms with Crippen molar-refractivity contribution < 1.29 is 4.74 Å². The van der Waals surface area contributed by atoms with Gasteiger partial charge in [-0.15, -0.1) is 0 Å². The highest BCUT2D eigenvalue weighted by molar-refractivity contribution is 5.75. The monoisotopic (exact) mass is 220 g/mol. The number of fused-ring (bicyclic) bond motifs is 1. The van der Waals surface area contributed by atoms with Gasteiger partial charge in [0.05, 0.1) is 12.2 Å². The highest BCUT2D eigenvalue weighted by Gasteiger charge is 2.17. The van der Waals surface area contributed by atoms with E-state index in [0.29, 0.717) is 11.6 Å². The summed E-state index contributed by atoms with van der Waals surface area (Å²) in [7, 11) is 0. The zero-order valence-electron chi connectivity index (χ0n) is 8.72.